The van der Waals surface area contributed by atoms with Crippen LogP contribution in [0, 0.1) is 13.8 Å². The van der Waals surface area contributed by atoms with Crippen molar-refractivity contribution in [2.45, 2.75) is 53.1 Å². The van der Waals surface area contributed by atoms with Crippen molar-refractivity contribution < 1.29 is 9.59 Å². The molecule has 0 aliphatic carbocycles. The molecule has 11 nitrogen and oxygen atoms in total. The van der Waals surface area contributed by atoms with Crippen LogP contribution in [-0.4, -0.2) is 56.8 Å². The first-order valence-corrected chi connectivity index (χ1v) is 11.9. The molecule has 3 aromatic heterocycles. The van der Waals surface area contributed by atoms with E-state index in [0.29, 0.717) is 31.1 Å². The van der Waals surface area contributed by atoms with E-state index in [1.807, 2.05) is 46.8 Å². The van der Waals surface area contributed by atoms with Crippen LogP contribution in [0.15, 0.2) is 29.2 Å². The van der Waals surface area contributed by atoms with Crippen molar-refractivity contribution in [2.75, 3.05) is 29.9 Å². The van der Waals surface area contributed by atoms with Crippen LogP contribution < -0.4 is 26.4 Å². The Balaban J connectivity index is 1.45. The molecule has 1 aliphatic rings. The first-order valence-electron chi connectivity index (χ1n) is 11.9. The lowest BCUT2D eigenvalue weighted by molar-refractivity contribution is 0.0938. The van der Waals surface area contributed by atoms with Crippen molar-refractivity contribution in [1.29, 1.82) is 0 Å². The van der Waals surface area contributed by atoms with Gasteiger partial charge in [0.1, 0.15) is 11.4 Å². The van der Waals surface area contributed by atoms with E-state index in [9.17, 15) is 14.4 Å². The summed E-state index contributed by atoms with van der Waals surface area (Å²) in [5.41, 5.74) is 2.31. The number of nitrogens with zero attached hydrogens (tertiary/aromatic N) is 5. The number of nitrogens with one attached hydrogen (secondary N) is 3. The summed E-state index contributed by atoms with van der Waals surface area (Å²) in [6.07, 6.45) is 2.39. The number of aromatic nitrogens is 4. The van der Waals surface area contributed by atoms with E-state index in [0.717, 1.165) is 23.5 Å². The Hall–Kier alpha value is -3.89. The number of rotatable bonds is 6. The average Bonchev–Trinajstić information content (AvgIpc) is 3.42. The molecule has 3 amide bonds. The minimum Gasteiger partial charge on any atom is -0.353 e. The average molecular weight is 481 g/mol. The molecule has 0 aromatic carbocycles. The Bertz CT molecular complexity index is 1330. The number of carbonyl (C=O) groups is 2. The summed E-state index contributed by atoms with van der Waals surface area (Å²) in [6, 6.07) is 4.92. The summed E-state index contributed by atoms with van der Waals surface area (Å²) in [6.45, 7) is 11.3. The van der Waals surface area contributed by atoms with Gasteiger partial charge < -0.3 is 20.1 Å². The monoisotopic (exact) mass is 480 g/mol. The number of hydrogen-bond donors (Lipinski definition) is 3. The fourth-order valence-electron chi connectivity index (χ4n) is 4.41. The van der Waals surface area contributed by atoms with E-state index in [4.69, 9.17) is 0 Å². The zero-order chi connectivity index (χ0) is 25.3. The maximum absolute atomic E-state index is 13.0. The number of aryl methyl sites for hydroxylation is 1. The molecule has 0 bridgehead atoms. The summed E-state index contributed by atoms with van der Waals surface area (Å²) >= 11 is 0. The number of imidazole rings is 1. The van der Waals surface area contributed by atoms with Crippen LogP contribution in [0.4, 0.5) is 16.4 Å². The first kappa shape index (κ1) is 24.2. The number of pyridine rings is 1. The van der Waals surface area contributed by atoms with Crippen molar-refractivity contribution in [3.63, 3.8) is 0 Å². The molecule has 1 fully saturated rings. The summed E-state index contributed by atoms with van der Waals surface area (Å²) in [5.74, 6) is 0.801. The predicted octanol–water partition coefficient (Wildman–Crippen LogP) is 2.24. The predicted molar refractivity (Wildman–Crippen MR) is 134 cm³/mol. The third kappa shape index (κ3) is 4.98. The second kappa shape index (κ2) is 9.77. The van der Waals surface area contributed by atoms with Crippen molar-refractivity contribution in [3.05, 3.63) is 51.6 Å². The first-order chi connectivity index (χ1) is 16.7. The van der Waals surface area contributed by atoms with Gasteiger partial charge in [-0.3, -0.25) is 14.9 Å². The highest BCUT2D eigenvalue weighted by Crippen LogP contribution is 2.20. The van der Waals surface area contributed by atoms with E-state index in [1.54, 1.807) is 21.3 Å². The fraction of sp³-hybridized carbons (Fsp3) is 0.458. The molecule has 0 saturated carbocycles. The number of amides is 3. The number of hydrogen-bond acceptors (Lipinski definition) is 6. The van der Waals surface area contributed by atoms with E-state index in [-0.39, 0.29) is 35.1 Å². The number of fused-ring (bicyclic) bond motifs is 1. The van der Waals surface area contributed by atoms with Gasteiger partial charge in [0.15, 0.2) is 11.5 Å². The van der Waals surface area contributed by atoms with Gasteiger partial charge in [-0.1, -0.05) is 0 Å². The fourth-order valence-corrected chi connectivity index (χ4v) is 4.41. The zero-order valence-electron chi connectivity index (χ0n) is 20.8. The molecule has 4 rings (SSSR count). The maximum Gasteiger partial charge on any atom is 0.320 e. The third-order valence-corrected chi connectivity index (χ3v) is 6.24. The highest BCUT2D eigenvalue weighted by Gasteiger charge is 2.27. The second-order valence-electron chi connectivity index (χ2n) is 9.11. The molecule has 1 atom stereocenters. The molecular weight excluding hydrogens is 448 g/mol. The molecule has 0 unspecified atom stereocenters. The standard InChI is InChI=1S/C24H32N8O3/c1-6-25-24(35)28-19-13-31-20(27-19)7-8-21(29-31)30-10-9-17(12-30)26-22(33)18-11-15(4)16(5)32(14(2)3)23(18)34/h7-8,11,13-14,17H,6,9-10,12H2,1-5H3,(H,26,33)(H2,25,28,35)/t17-/m0/s1. The van der Waals surface area contributed by atoms with Crippen LogP contribution in [0.3, 0.4) is 0 Å². The molecule has 3 N–H and O–H groups in total. The van der Waals surface area contributed by atoms with Crippen molar-refractivity contribution >= 4 is 29.2 Å². The second-order valence-corrected chi connectivity index (χ2v) is 9.11. The molecule has 3 aromatic rings. The smallest absolute Gasteiger partial charge is 0.320 e. The van der Waals surface area contributed by atoms with Crippen LogP contribution in [0.1, 0.15) is 54.8 Å². The Morgan fingerprint density at radius 3 is 2.71 bits per heavy atom. The number of anilines is 2. The van der Waals surface area contributed by atoms with Crippen LogP contribution in [0.25, 0.3) is 5.65 Å². The lowest BCUT2D eigenvalue weighted by Gasteiger charge is -2.19. The highest BCUT2D eigenvalue weighted by molar-refractivity contribution is 5.94. The van der Waals surface area contributed by atoms with Gasteiger partial charge in [0.2, 0.25) is 0 Å². The van der Waals surface area contributed by atoms with Crippen LogP contribution >= 0.6 is 0 Å². The third-order valence-electron chi connectivity index (χ3n) is 6.24. The van der Waals surface area contributed by atoms with Gasteiger partial charge in [-0.2, -0.15) is 0 Å². The van der Waals surface area contributed by atoms with Crippen molar-refractivity contribution in [3.8, 4) is 0 Å². The number of carbonyl (C=O) groups excluding carboxylic acids is 2. The molecular formula is C24H32N8O3. The van der Waals surface area contributed by atoms with Gasteiger partial charge in [0.05, 0.1) is 6.20 Å². The Morgan fingerprint density at radius 1 is 1.23 bits per heavy atom. The Labute approximate surface area is 203 Å². The lowest BCUT2D eigenvalue weighted by atomic mass is 10.1. The SMILES string of the molecule is CCNC(=O)Nc1cn2nc(N3CC[C@H](NC(=O)c4cc(C)c(C)n(C(C)C)c4=O)C3)ccc2n1. The van der Waals surface area contributed by atoms with Gasteiger partial charge in [-0.25, -0.2) is 14.3 Å². The molecule has 35 heavy (non-hydrogen) atoms. The van der Waals surface area contributed by atoms with E-state index in [2.05, 4.69) is 30.9 Å². The van der Waals surface area contributed by atoms with Crippen LogP contribution in [0.2, 0.25) is 0 Å². The molecule has 0 radical (unpaired) electrons. The van der Waals surface area contributed by atoms with Gasteiger partial charge in [0.25, 0.3) is 11.5 Å². The normalized spacial score (nSPS) is 15.6. The Kier molecular flexibility index (Phi) is 6.77. The van der Waals surface area contributed by atoms with E-state index in [1.165, 1.54) is 0 Å². The maximum atomic E-state index is 13.0. The molecule has 4 heterocycles. The van der Waals surface area contributed by atoms with Gasteiger partial charge in [-0.05, 0) is 64.8 Å². The highest BCUT2D eigenvalue weighted by atomic mass is 16.2. The molecule has 1 saturated heterocycles. The van der Waals surface area contributed by atoms with E-state index >= 15 is 0 Å². The number of urea groups is 1. The summed E-state index contributed by atoms with van der Waals surface area (Å²) < 4.78 is 3.29. The van der Waals surface area contributed by atoms with Crippen molar-refractivity contribution in [1.82, 2.24) is 29.8 Å². The Morgan fingerprint density at radius 2 is 2.00 bits per heavy atom. The quantitative estimate of drug-likeness (QED) is 0.497. The molecule has 1 aliphatic heterocycles. The van der Waals surface area contributed by atoms with Gasteiger partial charge in [-0.15, -0.1) is 5.10 Å². The minimum absolute atomic E-state index is 0.0307. The lowest BCUT2D eigenvalue weighted by Crippen LogP contribution is -2.41. The molecule has 186 valence electrons. The van der Waals surface area contributed by atoms with Crippen LogP contribution in [-0.2, 0) is 0 Å². The largest absolute Gasteiger partial charge is 0.353 e. The topological polar surface area (TPSA) is 126 Å². The summed E-state index contributed by atoms with van der Waals surface area (Å²) in [7, 11) is 0. The molecule has 0 spiro atoms. The van der Waals surface area contributed by atoms with Crippen molar-refractivity contribution in [2.24, 2.45) is 0 Å². The zero-order valence-corrected chi connectivity index (χ0v) is 20.8. The van der Waals surface area contributed by atoms with E-state index < -0.39 is 0 Å². The molecule has 11 heteroatoms. The van der Waals surface area contributed by atoms with Gasteiger partial charge in [0, 0.05) is 37.4 Å². The van der Waals surface area contributed by atoms with Crippen LogP contribution in [0.5, 0.6) is 0 Å². The summed E-state index contributed by atoms with van der Waals surface area (Å²) in [4.78, 5) is 44.1. The summed E-state index contributed by atoms with van der Waals surface area (Å²) in [5, 5.41) is 13.0. The van der Waals surface area contributed by atoms with Gasteiger partial charge >= 0.3 is 6.03 Å². The minimum atomic E-state index is -0.349.